The molecule has 0 saturated carbocycles. The predicted octanol–water partition coefficient (Wildman–Crippen LogP) is 4.65. The molecule has 0 spiro atoms. The van der Waals surface area contributed by atoms with Crippen LogP contribution in [0.4, 0.5) is 5.82 Å². The van der Waals surface area contributed by atoms with E-state index in [2.05, 4.69) is 50.8 Å². The summed E-state index contributed by atoms with van der Waals surface area (Å²) < 4.78 is 2.08. The van der Waals surface area contributed by atoms with Crippen LogP contribution in [0.15, 0.2) is 85.1 Å². The second-order valence-corrected chi connectivity index (χ2v) is 9.42. The van der Waals surface area contributed by atoms with E-state index in [1.165, 1.54) is 5.56 Å². The summed E-state index contributed by atoms with van der Waals surface area (Å²) in [5.41, 5.74) is 19.0. The van der Waals surface area contributed by atoms with E-state index in [1.807, 2.05) is 42.5 Å². The van der Waals surface area contributed by atoms with Gasteiger partial charge >= 0.3 is 0 Å². The summed E-state index contributed by atoms with van der Waals surface area (Å²) in [5, 5.41) is 0. The molecular formula is C29H29N7. The lowest BCUT2D eigenvalue weighted by atomic mass is 10.1. The van der Waals surface area contributed by atoms with Gasteiger partial charge in [-0.05, 0) is 61.3 Å². The summed E-state index contributed by atoms with van der Waals surface area (Å²) in [6, 6.07) is 26.9. The van der Waals surface area contributed by atoms with Gasteiger partial charge in [0, 0.05) is 36.6 Å². The van der Waals surface area contributed by atoms with Gasteiger partial charge < -0.3 is 11.5 Å². The second-order valence-electron chi connectivity index (χ2n) is 9.42. The number of rotatable bonds is 5. The first kappa shape index (κ1) is 22.4. The van der Waals surface area contributed by atoms with Gasteiger partial charge in [-0.1, -0.05) is 42.5 Å². The SMILES string of the molecule is Nc1ncccc1-c1nc2ccc(-c3ccccc3)nc2n1-c1ccc(CN2CCC[C@H](N)C2)cc1. The van der Waals surface area contributed by atoms with Crippen molar-refractivity contribution in [3.8, 4) is 28.3 Å². The van der Waals surface area contributed by atoms with Crippen LogP contribution in [0.3, 0.4) is 0 Å². The maximum Gasteiger partial charge on any atom is 0.165 e. The molecular weight excluding hydrogens is 446 g/mol. The predicted molar refractivity (Wildman–Crippen MR) is 144 cm³/mol. The number of nitrogens with zero attached hydrogens (tertiary/aromatic N) is 5. The van der Waals surface area contributed by atoms with E-state index < -0.39 is 0 Å². The molecule has 0 unspecified atom stereocenters. The molecule has 6 rings (SSSR count). The van der Waals surface area contributed by atoms with Crippen LogP contribution in [-0.2, 0) is 6.54 Å². The molecule has 0 amide bonds. The van der Waals surface area contributed by atoms with Crippen LogP contribution in [0.5, 0.6) is 0 Å². The standard InChI is InChI=1S/C29H29N7/c30-22-8-5-17-35(19-22)18-20-10-12-23(13-11-20)36-28(24-9-4-16-32-27(24)31)34-26-15-14-25(33-29(26)36)21-6-2-1-3-7-21/h1-4,6-7,9-16,22H,5,8,17-19,30H2,(H2,31,32)/t22-/m0/s1. The normalized spacial score (nSPS) is 16.4. The Hall–Kier alpha value is -4.07. The third-order valence-electron chi connectivity index (χ3n) is 6.80. The van der Waals surface area contributed by atoms with Crippen LogP contribution in [0.25, 0.3) is 39.5 Å². The first-order valence-electron chi connectivity index (χ1n) is 12.4. The van der Waals surface area contributed by atoms with E-state index in [-0.39, 0.29) is 6.04 Å². The molecule has 0 aliphatic carbocycles. The van der Waals surface area contributed by atoms with Gasteiger partial charge in [0.2, 0.25) is 0 Å². The van der Waals surface area contributed by atoms with Crippen molar-refractivity contribution in [3.05, 3.63) is 90.6 Å². The van der Waals surface area contributed by atoms with Crippen LogP contribution in [0.1, 0.15) is 18.4 Å². The minimum absolute atomic E-state index is 0.271. The van der Waals surface area contributed by atoms with Crippen LogP contribution in [0.2, 0.25) is 0 Å². The molecule has 1 saturated heterocycles. The molecule has 180 valence electrons. The lowest BCUT2D eigenvalue weighted by Gasteiger charge is -2.30. The molecule has 1 aliphatic rings. The molecule has 4 heterocycles. The third kappa shape index (κ3) is 4.34. The van der Waals surface area contributed by atoms with Gasteiger partial charge in [0.1, 0.15) is 11.3 Å². The molecule has 36 heavy (non-hydrogen) atoms. The highest BCUT2D eigenvalue weighted by Gasteiger charge is 2.20. The number of likely N-dealkylation sites (tertiary alicyclic amines) is 1. The van der Waals surface area contributed by atoms with E-state index in [4.69, 9.17) is 21.4 Å². The Labute approximate surface area is 210 Å². The van der Waals surface area contributed by atoms with E-state index in [1.54, 1.807) is 6.20 Å². The van der Waals surface area contributed by atoms with E-state index in [0.29, 0.717) is 5.82 Å². The Bertz CT molecular complexity index is 1490. The summed E-state index contributed by atoms with van der Waals surface area (Å²) >= 11 is 0. The maximum absolute atomic E-state index is 6.28. The number of hydrogen-bond acceptors (Lipinski definition) is 6. The summed E-state index contributed by atoms with van der Waals surface area (Å²) in [5.74, 6) is 1.17. The number of imidazole rings is 1. The molecule has 0 radical (unpaired) electrons. The third-order valence-corrected chi connectivity index (χ3v) is 6.80. The minimum Gasteiger partial charge on any atom is -0.383 e. The van der Waals surface area contributed by atoms with Crippen LogP contribution < -0.4 is 11.5 Å². The summed E-state index contributed by atoms with van der Waals surface area (Å²) in [6.07, 6.45) is 3.96. The average molecular weight is 476 g/mol. The number of hydrogen-bond donors (Lipinski definition) is 2. The summed E-state index contributed by atoms with van der Waals surface area (Å²) in [4.78, 5) is 16.7. The zero-order valence-electron chi connectivity index (χ0n) is 20.1. The zero-order chi connectivity index (χ0) is 24.5. The van der Waals surface area contributed by atoms with E-state index in [0.717, 1.165) is 72.0 Å². The smallest absolute Gasteiger partial charge is 0.165 e. The van der Waals surface area contributed by atoms with Gasteiger partial charge in [-0.2, -0.15) is 0 Å². The van der Waals surface area contributed by atoms with Crippen molar-refractivity contribution < 1.29 is 0 Å². The summed E-state index contributed by atoms with van der Waals surface area (Å²) in [7, 11) is 0. The Kier molecular flexibility index (Phi) is 5.93. The van der Waals surface area contributed by atoms with Crippen LogP contribution in [-0.4, -0.2) is 43.6 Å². The molecule has 1 aliphatic heterocycles. The Balaban J connectivity index is 1.44. The lowest BCUT2D eigenvalue weighted by Crippen LogP contribution is -2.42. The number of nitrogens with two attached hydrogens (primary N) is 2. The monoisotopic (exact) mass is 475 g/mol. The number of pyridine rings is 2. The van der Waals surface area contributed by atoms with Gasteiger partial charge in [-0.3, -0.25) is 9.47 Å². The first-order valence-corrected chi connectivity index (χ1v) is 12.4. The van der Waals surface area contributed by atoms with Gasteiger partial charge in [-0.15, -0.1) is 0 Å². The van der Waals surface area contributed by atoms with Crippen molar-refractivity contribution in [1.29, 1.82) is 0 Å². The molecule has 1 fully saturated rings. The number of anilines is 1. The lowest BCUT2D eigenvalue weighted by molar-refractivity contribution is 0.201. The topological polar surface area (TPSA) is 98.9 Å². The fraction of sp³-hybridized carbons (Fsp3) is 0.207. The van der Waals surface area contributed by atoms with Crippen molar-refractivity contribution in [2.24, 2.45) is 5.73 Å². The van der Waals surface area contributed by atoms with Crippen molar-refractivity contribution in [3.63, 3.8) is 0 Å². The van der Waals surface area contributed by atoms with Crippen molar-refractivity contribution in [1.82, 2.24) is 24.4 Å². The highest BCUT2D eigenvalue weighted by molar-refractivity contribution is 5.84. The molecule has 1 atom stereocenters. The van der Waals surface area contributed by atoms with E-state index in [9.17, 15) is 0 Å². The molecule has 4 N–H and O–H groups in total. The Morgan fingerprint density at radius 1 is 0.889 bits per heavy atom. The highest BCUT2D eigenvalue weighted by atomic mass is 15.2. The first-order chi connectivity index (χ1) is 17.7. The molecule has 2 aromatic carbocycles. The second kappa shape index (κ2) is 9.53. The van der Waals surface area contributed by atoms with Gasteiger partial charge in [-0.25, -0.2) is 15.0 Å². The van der Waals surface area contributed by atoms with Gasteiger partial charge in [0.15, 0.2) is 11.5 Å². The number of fused-ring (bicyclic) bond motifs is 1. The number of nitrogen functional groups attached to an aromatic ring is 1. The average Bonchev–Trinajstić information content (AvgIpc) is 3.28. The Morgan fingerprint density at radius 2 is 1.72 bits per heavy atom. The van der Waals surface area contributed by atoms with Crippen molar-refractivity contribution in [2.45, 2.75) is 25.4 Å². The Morgan fingerprint density at radius 3 is 2.50 bits per heavy atom. The highest BCUT2D eigenvalue weighted by Crippen LogP contribution is 2.31. The molecule has 0 bridgehead atoms. The van der Waals surface area contributed by atoms with Gasteiger partial charge in [0.25, 0.3) is 0 Å². The molecule has 7 heteroatoms. The van der Waals surface area contributed by atoms with Gasteiger partial charge in [0.05, 0.1) is 11.3 Å². The molecule has 7 nitrogen and oxygen atoms in total. The van der Waals surface area contributed by atoms with Crippen LogP contribution >= 0.6 is 0 Å². The molecule has 3 aromatic heterocycles. The minimum atomic E-state index is 0.271. The zero-order valence-corrected chi connectivity index (χ0v) is 20.1. The number of benzene rings is 2. The largest absolute Gasteiger partial charge is 0.383 e. The van der Waals surface area contributed by atoms with Crippen LogP contribution in [0, 0.1) is 0 Å². The van der Waals surface area contributed by atoms with Crippen molar-refractivity contribution >= 4 is 17.0 Å². The quantitative estimate of drug-likeness (QED) is 0.384. The van der Waals surface area contributed by atoms with E-state index >= 15 is 0 Å². The fourth-order valence-electron chi connectivity index (χ4n) is 5.00. The molecule has 5 aromatic rings. The fourth-order valence-corrected chi connectivity index (χ4v) is 5.00. The number of aromatic nitrogens is 4. The maximum atomic E-state index is 6.28. The number of piperidine rings is 1. The van der Waals surface area contributed by atoms with Crippen molar-refractivity contribution in [2.75, 3.05) is 18.8 Å². The summed E-state index contributed by atoms with van der Waals surface area (Å²) in [6.45, 7) is 2.94.